The number of carbonyl (C=O) groups is 1. The van der Waals surface area contributed by atoms with Crippen molar-refractivity contribution >= 4 is 11.6 Å². The van der Waals surface area contributed by atoms with E-state index in [1.807, 2.05) is 4.90 Å². The Balaban J connectivity index is 2.77. The Hall–Kier alpha value is -1.58. The van der Waals surface area contributed by atoms with Gasteiger partial charge < -0.3 is 10.6 Å². The van der Waals surface area contributed by atoms with Crippen molar-refractivity contribution in [2.24, 2.45) is 0 Å². The summed E-state index contributed by atoms with van der Waals surface area (Å²) in [6.45, 7) is 5.84. The monoisotopic (exact) mass is 249 g/mol. The molecular formula is C14H23N3O. The third kappa shape index (κ3) is 4.02. The third-order valence-electron chi connectivity index (χ3n) is 2.94. The summed E-state index contributed by atoms with van der Waals surface area (Å²) in [6, 6.07) is 1.67. The molecule has 0 spiro atoms. The predicted molar refractivity (Wildman–Crippen MR) is 74.4 cm³/mol. The zero-order chi connectivity index (χ0) is 13.4. The second-order valence-electron chi connectivity index (χ2n) is 4.46. The summed E-state index contributed by atoms with van der Waals surface area (Å²) in [6.07, 6.45) is 7.37. The van der Waals surface area contributed by atoms with Crippen molar-refractivity contribution in [3.05, 3.63) is 24.0 Å². The fourth-order valence-electron chi connectivity index (χ4n) is 1.77. The molecular weight excluding hydrogens is 226 g/mol. The van der Waals surface area contributed by atoms with Gasteiger partial charge in [-0.2, -0.15) is 0 Å². The zero-order valence-electron chi connectivity index (χ0n) is 11.4. The number of pyridine rings is 1. The molecule has 0 saturated heterocycles. The summed E-state index contributed by atoms with van der Waals surface area (Å²) >= 11 is 0. The second-order valence-corrected chi connectivity index (χ2v) is 4.46. The molecule has 0 fully saturated rings. The maximum absolute atomic E-state index is 12.4. The highest BCUT2D eigenvalue weighted by Crippen LogP contribution is 2.13. The second kappa shape index (κ2) is 7.69. The number of nitrogens with zero attached hydrogens (tertiary/aromatic N) is 2. The molecule has 4 heteroatoms. The number of carbonyl (C=O) groups excluding carboxylic acids is 1. The van der Waals surface area contributed by atoms with Crippen LogP contribution in [-0.4, -0.2) is 28.9 Å². The molecule has 0 aromatic carbocycles. The summed E-state index contributed by atoms with van der Waals surface area (Å²) in [5.74, 6) is 0.00231. The van der Waals surface area contributed by atoms with Gasteiger partial charge in [-0.1, -0.05) is 26.7 Å². The van der Waals surface area contributed by atoms with Crippen molar-refractivity contribution in [3.63, 3.8) is 0 Å². The van der Waals surface area contributed by atoms with Crippen molar-refractivity contribution in [1.82, 2.24) is 9.88 Å². The van der Waals surface area contributed by atoms with E-state index in [-0.39, 0.29) is 5.91 Å². The molecule has 1 rings (SSSR count). The van der Waals surface area contributed by atoms with Crippen molar-refractivity contribution in [3.8, 4) is 0 Å². The van der Waals surface area contributed by atoms with Crippen LogP contribution in [0, 0.1) is 0 Å². The van der Waals surface area contributed by atoms with Gasteiger partial charge in [0.2, 0.25) is 0 Å². The van der Waals surface area contributed by atoms with Crippen LogP contribution in [0.3, 0.4) is 0 Å². The van der Waals surface area contributed by atoms with E-state index in [1.54, 1.807) is 18.5 Å². The van der Waals surface area contributed by atoms with Crippen LogP contribution in [0.15, 0.2) is 18.5 Å². The highest BCUT2D eigenvalue weighted by atomic mass is 16.2. The molecule has 0 bridgehead atoms. The summed E-state index contributed by atoms with van der Waals surface area (Å²) in [5.41, 5.74) is 6.85. The largest absolute Gasteiger partial charge is 0.398 e. The molecule has 0 radical (unpaired) electrons. The van der Waals surface area contributed by atoms with E-state index in [9.17, 15) is 4.79 Å². The van der Waals surface area contributed by atoms with Gasteiger partial charge in [0.05, 0.1) is 5.56 Å². The van der Waals surface area contributed by atoms with Gasteiger partial charge in [0.15, 0.2) is 0 Å². The Morgan fingerprint density at radius 2 is 1.89 bits per heavy atom. The van der Waals surface area contributed by atoms with Crippen molar-refractivity contribution < 1.29 is 4.79 Å². The first-order valence-corrected chi connectivity index (χ1v) is 6.69. The van der Waals surface area contributed by atoms with Crippen LogP contribution in [-0.2, 0) is 0 Å². The van der Waals surface area contributed by atoms with Gasteiger partial charge in [0, 0.05) is 31.2 Å². The smallest absolute Gasteiger partial charge is 0.257 e. The molecule has 1 heterocycles. The quantitative estimate of drug-likeness (QED) is 0.808. The van der Waals surface area contributed by atoms with E-state index in [0.29, 0.717) is 11.3 Å². The molecule has 0 aliphatic heterocycles. The summed E-state index contributed by atoms with van der Waals surface area (Å²) in [4.78, 5) is 18.3. The van der Waals surface area contributed by atoms with Gasteiger partial charge in [-0.15, -0.1) is 0 Å². The van der Waals surface area contributed by atoms with Gasteiger partial charge in [0.1, 0.15) is 0 Å². The topological polar surface area (TPSA) is 59.2 Å². The first-order chi connectivity index (χ1) is 8.70. The average Bonchev–Trinajstić information content (AvgIpc) is 2.39. The van der Waals surface area contributed by atoms with E-state index in [2.05, 4.69) is 18.8 Å². The van der Waals surface area contributed by atoms with E-state index >= 15 is 0 Å². The Morgan fingerprint density at radius 3 is 2.39 bits per heavy atom. The number of anilines is 1. The molecule has 2 N–H and O–H groups in total. The summed E-state index contributed by atoms with van der Waals surface area (Å²) in [5, 5.41) is 0. The lowest BCUT2D eigenvalue weighted by molar-refractivity contribution is 0.0751. The first-order valence-electron chi connectivity index (χ1n) is 6.69. The predicted octanol–water partition coefficient (Wildman–Crippen LogP) is 2.71. The maximum Gasteiger partial charge on any atom is 0.257 e. The van der Waals surface area contributed by atoms with Gasteiger partial charge in [0.25, 0.3) is 5.91 Å². The number of hydrogen-bond acceptors (Lipinski definition) is 3. The van der Waals surface area contributed by atoms with Crippen molar-refractivity contribution in [1.29, 1.82) is 0 Å². The first kappa shape index (κ1) is 14.5. The summed E-state index contributed by atoms with van der Waals surface area (Å²) in [7, 11) is 0. The number of rotatable bonds is 7. The van der Waals surface area contributed by atoms with Crippen LogP contribution in [0.2, 0.25) is 0 Å². The highest BCUT2D eigenvalue weighted by Gasteiger charge is 2.17. The third-order valence-corrected chi connectivity index (χ3v) is 2.94. The Morgan fingerprint density at radius 1 is 1.28 bits per heavy atom. The molecule has 100 valence electrons. The highest BCUT2D eigenvalue weighted by molar-refractivity contribution is 5.98. The van der Waals surface area contributed by atoms with Gasteiger partial charge in [-0.3, -0.25) is 9.78 Å². The molecule has 0 unspecified atom stereocenters. The van der Waals surface area contributed by atoms with Crippen LogP contribution in [0.4, 0.5) is 5.69 Å². The van der Waals surface area contributed by atoms with E-state index < -0.39 is 0 Å². The number of hydrogen-bond donors (Lipinski definition) is 1. The number of nitrogens with two attached hydrogens (primary N) is 1. The Kier molecular flexibility index (Phi) is 6.19. The molecule has 0 saturated carbocycles. The van der Waals surface area contributed by atoms with Crippen molar-refractivity contribution in [2.45, 2.75) is 39.5 Å². The molecule has 0 aliphatic carbocycles. The van der Waals surface area contributed by atoms with Crippen LogP contribution in [0.25, 0.3) is 0 Å². The lowest BCUT2D eigenvalue weighted by Crippen LogP contribution is -2.33. The summed E-state index contributed by atoms with van der Waals surface area (Å²) < 4.78 is 0. The molecule has 1 aromatic rings. The van der Waals surface area contributed by atoms with E-state index in [4.69, 9.17) is 5.73 Å². The maximum atomic E-state index is 12.4. The van der Waals surface area contributed by atoms with Crippen LogP contribution >= 0.6 is 0 Å². The minimum absolute atomic E-state index is 0.00231. The number of amides is 1. The van der Waals surface area contributed by atoms with E-state index in [0.717, 1.165) is 38.8 Å². The number of nitrogen functional groups attached to an aromatic ring is 1. The van der Waals surface area contributed by atoms with Gasteiger partial charge in [-0.05, 0) is 18.9 Å². The lowest BCUT2D eigenvalue weighted by atomic mass is 10.2. The Labute approximate surface area is 109 Å². The zero-order valence-corrected chi connectivity index (χ0v) is 11.4. The minimum atomic E-state index is 0.00231. The van der Waals surface area contributed by atoms with Gasteiger partial charge >= 0.3 is 0 Å². The van der Waals surface area contributed by atoms with Crippen molar-refractivity contribution in [2.75, 3.05) is 18.8 Å². The average molecular weight is 249 g/mol. The lowest BCUT2D eigenvalue weighted by Gasteiger charge is -2.22. The van der Waals surface area contributed by atoms with Crippen LogP contribution in [0.5, 0.6) is 0 Å². The Bertz CT molecular complexity index is 371. The molecule has 1 aromatic heterocycles. The molecule has 4 nitrogen and oxygen atoms in total. The number of unbranched alkanes of at least 4 members (excludes halogenated alkanes) is 2. The standard InChI is InChI=1S/C14H23N3O/c1-3-5-9-17(10-6-4-2)14(18)12-11-16-8-7-13(12)15/h7-8,11H,3-6,9-10H2,1-2H3,(H2,15,16). The van der Waals surface area contributed by atoms with Crippen LogP contribution in [0.1, 0.15) is 49.9 Å². The SMILES string of the molecule is CCCCN(CCCC)C(=O)c1cnccc1N. The minimum Gasteiger partial charge on any atom is -0.398 e. The molecule has 0 atom stereocenters. The number of aromatic nitrogens is 1. The fourth-order valence-corrected chi connectivity index (χ4v) is 1.77. The molecule has 18 heavy (non-hydrogen) atoms. The van der Waals surface area contributed by atoms with Gasteiger partial charge in [-0.25, -0.2) is 0 Å². The van der Waals surface area contributed by atoms with E-state index in [1.165, 1.54) is 0 Å². The fraction of sp³-hybridized carbons (Fsp3) is 0.571. The van der Waals surface area contributed by atoms with Crippen LogP contribution < -0.4 is 5.73 Å². The molecule has 1 amide bonds. The molecule has 0 aliphatic rings. The normalized spacial score (nSPS) is 10.3.